The highest BCUT2D eigenvalue weighted by Crippen LogP contribution is 2.34. The number of ether oxygens (including phenoxy) is 1. The normalized spacial score (nSPS) is 11.7. The molecule has 0 aliphatic heterocycles. The van der Waals surface area contributed by atoms with Gasteiger partial charge >= 0.3 is 0 Å². The minimum absolute atomic E-state index is 0.0223. The molecule has 8 heteroatoms. The van der Waals surface area contributed by atoms with E-state index in [1.54, 1.807) is 14.0 Å². The number of anilines is 2. The number of nitrogen functional groups attached to an aromatic ring is 1. The molecule has 1 aromatic rings. The molecule has 2 N–H and O–H groups in total. The first-order valence-corrected chi connectivity index (χ1v) is 8.04. The molecule has 0 fully saturated rings. The lowest BCUT2D eigenvalue weighted by Crippen LogP contribution is -2.21. The molecule has 1 heterocycles. The Morgan fingerprint density at radius 3 is 2.72 bits per heavy atom. The van der Waals surface area contributed by atoms with Crippen LogP contribution in [0.1, 0.15) is 13.3 Å². The largest absolute Gasteiger partial charge is 0.385 e. The van der Waals surface area contributed by atoms with Crippen LogP contribution in [0.2, 0.25) is 0 Å². The molecule has 0 aromatic carbocycles. The van der Waals surface area contributed by atoms with Crippen LogP contribution in [-0.4, -0.2) is 45.9 Å². The van der Waals surface area contributed by atoms with Crippen molar-refractivity contribution in [3.8, 4) is 0 Å². The van der Waals surface area contributed by atoms with Crippen LogP contribution >= 0.6 is 11.5 Å². The standard InChI is InChI=1S/C10H19N3O3S2/c1-4-18(14,15)8-9(11)12-17-10(8)13(2)6-5-7-16-3/h4-7H2,1-3H3,(H2,11,12). The first-order chi connectivity index (χ1) is 8.44. The number of hydrogen-bond donors (Lipinski definition) is 1. The molecule has 1 aromatic heterocycles. The van der Waals surface area contributed by atoms with Crippen LogP contribution < -0.4 is 10.6 Å². The van der Waals surface area contributed by atoms with Gasteiger partial charge in [-0.15, -0.1) is 0 Å². The van der Waals surface area contributed by atoms with Crippen LogP contribution in [0.5, 0.6) is 0 Å². The van der Waals surface area contributed by atoms with E-state index in [0.717, 1.165) is 18.0 Å². The Morgan fingerprint density at radius 2 is 2.17 bits per heavy atom. The summed E-state index contributed by atoms with van der Waals surface area (Å²) in [6.45, 7) is 2.93. The molecule has 0 atom stereocenters. The topological polar surface area (TPSA) is 85.5 Å². The van der Waals surface area contributed by atoms with Crippen LogP contribution in [0.15, 0.2) is 4.90 Å². The van der Waals surface area contributed by atoms with Gasteiger partial charge in [-0.2, -0.15) is 4.37 Å². The fourth-order valence-corrected chi connectivity index (χ4v) is 3.83. The minimum Gasteiger partial charge on any atom is -0.385 e. The van der Waals surface area contributed by atoms with Crippen LogP contribution in [-0.2, 0) is 14.6 Å². The monoisotopic (exact) mass is 293 g/mol. The Balaban J connectivity index is 2.97. The van der Waals surface area contributed by atoms with Gasteiger partial charge in [0, 0.05) is 27.3 Å². The van der Waals surface area contributed by atoms with Gasteiger partial charge in [-0.25, -0.2) is 8.42 Å². The SMILES string of the molecule is CCS(=O)(=O)c1c(N)nsc1N(C)CCCOC. The molecule has 0 amide bonds. The molecule has 0 spiro atoms. The van der Waals surface area contributed by atoms with E-state index < -0.39 is 9.84 Å². The van der Waals surface area contributed by atoms with Gasteiger partial charge in [-0.3, -0.25) is 0 Å². The summed E-state index contributed by atoms with van der Waals surface area (Å²) in [5, 5.41) is 0.602. The number of rotatable bonds is 7. The summed E-state index contributed by atoms with van der Waals surface area (Å²) >= 11 is 1.12. The Bertz CT molecular complexity index is 485. The summed E-state index contributed by atoms with van der Waals surface area (Å²) in [4.78, 5) is 2.02. The van der Waals surface area contributed by atoms with Gasteiger partial charge in [-0.05, 0) is 18.0 Å². The van der Waals surface area contributed by atoms with Crippen molar-refractivity contribution in [3.05, 3.63) is 0 Å². The zero-order valence-electron chi connectivity index (χ0n) is 10.8. The van der Waals surface area contributed by atoms with Crippen LogP contribution in [0.3, 0.4) is 0 Å². The molecule has 0 unspecified atom stereocenters. The third kappa shape index (κ3) is 3.33. The van der Waals surface area contributed by atoms with Gasteiger partial charge in [-0.1, -0.05) is 6.92 Å². The van der Waals surface area contributed by atoms with Gasteiger partial charge in [0.25, 0.3) is 0 Å². The molecule has 0 aliphatic rings. The molecule has 1 rings (SSSR count). The highest BCUT2D eigenvalue weighted by atomic mass is 32.2. The maximum absolute atomic E-state index is 12.0. The molecule has 0 radical (unpaired) electrons. The Hall–Kier alpha value is -0.860. The van der Waals surface area contributed by atoms with Crippen molar-refractivity contribution < 1.29 is 13.2 Å². The van der Waals surface area contributed by atoms with Crippen molar-refractivity contribution in [3.63, 3.8) is 0 Å². The molecule has 104 valence electrons. The number of hydrogen-bond acceptors (Lipinski definition) is 7. The lowest BCUT2D eigenvalue weighted by atomic mass is 10.4. The van der Waals surface area contributed by atoms with Gasteiger partial charge < -0.3 is 15.4 Å². The molecule has 0 saturated heterocycles. The van der Waals surface area contributed by atoms with Gasteiger partial charge in [0.05, 0.1) is 5.75 Å². The maximum Gasteiger partial charge on any atom is 0.184 e. The zero-order chi connectivity index (χ0) is 13.8. The third-order valence-electron chi connectivity index (χ3n) is 2.54. The van der Waals surface area contributed by atoms with Crippen molar-refractivity contribution in [2.75, 3.05) is 43.7 Å². The molecule has 0 saturated carbocycles. The van der Waals surface area contributed by atoms with Crippen LogP contribution in [0, 0.1) is 0 Å². The fourth-order valence-electron chi connectivity index (χ4n) is 1.51. The molecular weight excluding hydrogens is 274 g/mol. The smallest absolute Gasteiger partial charge is 0.184 e. The van der Waals surface area contributed by atoms with Gasteiger partial charge in [0.1, 0.15) is 9.90 Å². The molecule has 0 aliphatic carbocycles. The summed E-state index contributed by atoms with van der Waals surface area (Å²) in [6, 6.07) is 0. The van der Waals surface area contributed by atoms with Gasteiger partial charge in [0.15, 0.2) is 15.7 Å². The second kappa shape index (κ2) is 6.35. The molecule has 0 bridgehead atoms. The minimum atomic E-state index is -3.34. The third-order valence-corrected chi connectivity index (χ3v) is 5.43. The second-order valence-electron chi connectivity index (χ2n) is 3.87. The summed E-state index contributed by atoms with van der Waals surface area (Å²) in [5.74, 6) is 0.115. The van der Waals surface area contributed by atoms with E-state index in [0.29, 0.717) is 18.2 Å². The number of sulfone groups is 1. The van der Waals surface area contributed by atoms with E-state index in [9.17, 15) is 8.42 Å². The Labute approximate surface area is 112 Å². The summed E-state index contributed by atoms with van der Waals surface area (Å²) in [5.41, 5.74) is 5.66. The fraction of sp³-hybridized carbons (Fsp3) is 0.700. The molecular formula is C10H19N3O3S2. The van der Waals surface area contributed by atoms with Crippen LogP contribution in [0.25, 0.3) is 0 Å². The van der Waals surface area contributed by atoms with Crippen molar-refractivity contribution >= 4 is 32.2 Å². The predicted octanol–water partition coefficient (Wildman–Crippen LogP) is 0.992. The number of nitrogens with two attached hydrogens (primary N) is 1. The Kier molecular flexibility index (Phi) is 5.36. The average Bonchev–Trinajstić information content (AvgIpc) is 2.72. The van der Waals surface area contributed by atoms with E-state index in [4.69, 9.17) is 10.5 Å². The maximum atomic E-state index is 12.0. The Morgan fingerprint density at radius 1 is 1.50 bits per heavy atom. The van der Waals surface area contributed by atoms with Crippen molar-refractivity contribution in [2.45, 2.75) is 18.2 Å². The highest BCUT2D eigenvalue weighted by molar-refractivity contribution is 7.91. The average molecular weight is 293 g/mol. The first-order valence-electron chi connectivity index (χ1n) is 5.62. The predicted molar refractivity (Wildman–Crippen MR) is 74.0 cm³/mol. The summed E-state index contributed by atoms with van der Waals surface area (Å²) in [6.07, 6.45) is 0.816. The van der Waals surface area contributed by atoms with Crippen molar-refractivity contribution in [1.29, 1.82) is 0 Å². The highest BCUT2D eigenvalue weighted by Gasteiger charge is 2.25. The van der Waals surface area contributed by atoms with E-state index in [1.165, 1.54) is 0 Å². The van der Waals surface area contributed by atoms with Crippen molar-refractivity contribution in [1.82, 2.24) is 4.37 Å². The lowest BCUT2D eigenvalue weighted by Gasteiger charge is -2.18. The lowest BCUT2D eigenvalue weighted by molar-refractivity contribution is 0.196. The molecule has 18 heavy (non-hydrogen) atoms. The second-order valence-corrected chi connectivity index (χ2v) is 6.84. The van der Waals surface area contributed by atoms with E-state index >= 15 is 0 Å². The number of aromatic nitrogens is 1. The first kappa shape index (κ1) is 15.2. The van der Waals surface area contributed by atoms with Crippen molar-refractivity contribution in [2.24, 2.45) is 0 Å². The zero-order valence-corrected chi connectivity index (χ0v) is 12.5. The van der Waals surface area contributed by atoms with Gasteiger partial charge in [0.2, 0.25) is 0 Å². The van der Waals surface area contributed by atoms with E-state index in [2.05, 4.69) is 4.37 Å². The van der Waals surface area contributed by atoms with E-state index in [-0.39, 0.29) is 16.5 Å². The van der Waals surface area contributed by atoms with E-state index in [1.807, 2.05) is 11.9 Å². The van der Waals surface area contributed by atoms with Crippen LogP contribution in [0.4, 0.5) is 10.8 Å². The summed E-state index contributed by atoms with van der Waals surface area (Å²) < 4.78 is 32.9. The quantitative estimate of drug-likeness (QED) is 0.755. The molecule has 6 nitrogen and oxygen atoms in total. The number of nitrogens with zero attached hydrogens (tertiary/aromatic N) is 2. The summed E-state index contributed by atoms with van der Waals surface area (Å²) in [7, 11) is 0.125. The number of methoxy groups -OCH3 is 1.